The van der Waals surface area contributed by atoms with Gasteiger partial charge in [-0.2, -0.15) is 0 Å². The molecule has 0 aromatic rings. The van der Waals surface area contributed by atoms with Gasteiger partial charge in [-0.3, -0.25) is 4.79 Å². The number of hydrogen-bond donors (Lipinski definition) is 2. The van der Waals surface area contributed by atoms with E-state index in [9.17, 15) is 10.0 Å². The predicted octanol–water partition coefficient (Wildman–Crippen LogP) is 3.11. The van der Waals surface area contributed by atoms with Crippen LogP contribution in [0.2, 0.25) is 0 Å². The van der Waals surface area contributed by atoms with Crippen molar-refractivity contribution < 1.29 is 4.79 Å². The molecule has 0 unspecified atom stereocenters. The second-order valence-electron chi connectivity index (χ2n) is 4.82. The third-order valence-corrected chi connectivity index (χ3v) is 3.04. The van der Waals surface area contributed by atoms with Gasteiger partial charge in [-0.05, 0) is 19.4 Å². The van der Waals surface area contributed by atoms with Gasteiger partial charge in [0.05, 0.1) is 0 Å². The SMILES string of the molecule is CCCCCCCCCCC(=O)NCCCN[O-]. The van der Waals surface area contributed by atoms with E-state index in [-0.39, 0.29) is 5.91 Å². The summed E-state index contributed by atoms with van der Waals surface area (Å²) in [5.74, 6) is 0.117. The number of hydrogen-bond acceptors (Lipinski definition) is 3. The first-order valence-corrected chi connectivity index (χ1v) is 7.43. The molecule has 0 aliphatic heterocycles. The molecule has 0 aliphatic rings. The lowest BCUT2D eigenvalue weighted by Gasteiger charge is -2.08. The first-order valence-electron chi connectivity index (χ1n) is 7.43. The van der Waals surface area contributed by atoms with Crippen molar-refractivity contribution in [1.82, 2.24) is 10.8 Å². The molecule has 4 nitrogen and oxygen atoms in total. The largest absolute Gasteiger partial charge is 0.788 e. The highest BCUT2D eigenvalue weighted by Gasteiger charge is 1.99. The fraction of sp³-hybridized carbons (Fsp3) is 0.929. The van der Waals surface area contributed by atoms with Gasteiger partial charge in [0.15, 0.2) is 0 Å². The van der Waals surface area contributed by atoms with Gasteiger partial charge in [0.25, 0.3) is 0 Å². The van der Waals surface area contributed by atoms with Crippen molar-refractivity contribution in [3.05, 3.63) is 5.21 Å². The molecule has 0 aromatic heterocycles. The van der Waals surface area contributed by atoms with E-state index < -0.39 is 0 Å². The number of carbonyl (C=O) groups is 1. The summed E-state index contributed by atoms with van der Waals surface area (Å²) in [5.41, 5.74) is 1.82. The minimum absolute atomic E-state index is 0.117. The van der Waals surface area contributed by atoms with Crippen LogP contribution in [0.3, 0.4) is 0 Å². The maximum Gasteiger partial charge on any atom is 0.219 e. The normalized spacial score (nSPS) is 10.6. The van der Waals surface area contributed by atoms with Crippen molar-refractivity contribution in [2.45, 2.75) is 71.1 Å². The molecule has 0 bridgehead atoms. The van der Waals surface area contributed by atoms with E-state index in [4.69, 9.17) is 0 Å². The van der Waals surface area contributed by atoms with Crippen molar-refractivity contribution in [3.63, 3.8) is 0 Å². The van der Waals surface area contributed by atoms with Crippen molar-refractivity contribution >= 4 is 5.91 Å². The van der Waals surface area contributed by atoms with Crippen LogP contribution in [0.25, 0.3) is 0 Å². The van der Waals surface area contributed by atoms with E-state index in [0.29, 0.717) is 25.9 Å². The zero-order valence-corrected chi connectivity index (χ0v) is 11.8. The number of hydroxylamine groups is 1. The number of rotatable bonds is 13. The molecule has 0 saturated heterocycles. The van der Waals surface area contributed by atoms with Gasteiger partial charge in [0, 0.05) is 13.0 Å². The van der Waals surface area contributed by atoms with Crippen molar-refractivity contribution in [2.75, 3.05) is 13.1 Å². The molecule has 0 saturated carbocycles. The molecule has 0 radical (unpaired) electrons. The van der Waals surface area contributed by atoms with E-state index >= 15 is 0 Å². The Hall–Kier alpha value is -0.610. The lowest BCUT2D eigenvalue weighted by Crippen LogP contribution is -2.25. The summed E-state index contributed by atoms with van der Waals surface area (Å²) in [6, 6.07) is 0. The summed E-state index contributed by atoms with van der Waals surface area (Å²) in [5, 5.41) is 12.8. The van der Waals surface area contributed by atoms with Crippen molar-refractivity contribution in [2.24, 2.45) is 0 Å². The quantitative estimate of drug-likeness (QED) is 0.393. The number of unbranched alkanes of at least 4 members (excludes halogenated alkanes) is 7. The van der Waals surface area contributed by atoms with Gasteiger partial charge in [-0.15, -0.1) is 0 Å². The summed E-state index contributed by atoms with van der Waals surface area (Å²) in [7, 11) is 0. The minimum Gasteiger partial charge on any atom is -0.788 e. The Morgan fingerprint density at radius 1 is 0.889 bits per heavy atom. The fourth-order valence-corrected chi connectivity index (χ4v) is 1.90. The predicted molar refractivity (Wildman–Crippen MR) is 76.2 cm³/mol. The highest BCUT2D eigenvalue weighted by Crippen LogP contribution is 2.09. The Balaban J connectivity index is 3.10. The first kappa shape index (κ1) is 17.4. The summed E-state index contributed by atoms with van der Waals surface area (Å²) in [4.78, 5) is 11.4. The van der Waals surface area contributed by atoms with Gasteiger partial charge in [0.2, 0.25) is 5.91 Å². The van der Waals surface area contributed by atoms with E-state index in [2.05, 4.69) is 12.2 Å². The van der Waals surface area contributed by atoms with Crippen LogP contribution < -0.4 is 10.8 Å². The standard InChI is InChI=1S/C14H29N2O2/c1-2-3-4-5-6-7-8-9-11-14(17)15-12-10-13-16-18/h16H,2-13H2,1H3,(H,15,17)/q-1. The molecule has 0 spiro atoms. The number of amides is 1. The molecular formula is C14H29N2O2-. The van der Waals surface area contributed by atoms with Crippen LogP contribution in [-0.4, -0.2) is 19.0 Å². The van der Waals surface area contributed by atoms with Crippen LogP contribution in [0.5, 0.6) is 0 Å². The molecule has 4 heteroatoms. The average molecular weight is 257 g/mol. The molecule has 0 aromatic carbocycles. The van der Waals surface area contributed by atoms with Gasteiger partial charge in [-0.1, -0.05) is 51.9 Å². The smallest absolute Gasteiger partial charge is 0.219 e. The van der Waals surface area contributed by atoms with E-state index in [1.165, 1.54) is 38.5 Å². The molecule has 0 rings (SSSR count). The highest BCUT2D eigenvalue weighted by atomic mass is 16.5. The molecule has 18 heavy (non-hydrogen) atoms. The molecule has 2 N–H and O–H groups in total. The third kappa shape index (κ3) is 13.5. The maximum absolute atomic E-state index is 11.4. The Morgan fingerprint density at radius 2 is 1.50 bits per heavy atom. The van der Waals surface area contributed by atoms with Gasteiger partial charge < -0.3 is 16.0 Å². The van der Waals surface area contributed by atoms with E-state index in [1.807, 2.05) is 5.48 Å². The average Bonchev–Trinajstić information content (AvgIpc) is 2.38. The third-order valence-electron chi connectivity index (χ3n) is 3.04. The van der Waals surface area contributed by atoms with E-state index in [0.717, 1.165) is 12.8 Å². The molecule has 0 atom stereocenters. The van der Waals surface area contributed by atoms with Gasteiger partial charge in [-0.25, -0.2) is 0 Å². The maximum atomic E-state index is 11.4. The molecule has 108 valence electrons. The monoisotopic (exact) mass is 257 g/mol. The van der Waals surface area contributed by atoms with Crippen LogP contribution in [0, 0.1) is 5.21 Å². The summed E-state index contributed by atoms with van der Waals surface area (Å²) >= 11 is 0. The Bertz CT molecular complexity index is 187. The number of nitrogens with one attached hydrogen (secondary N) is 2. The first-order chi connectivity index (χ1) is 8.81. The summed E-state index contributed by atoms with van der Waals surface area (Å²) in [6.07, 6.45) is 11.3. The lowest BCUT2D eigenvalue weighted by atomic mass is 10.1. The van der Waals surface area contributed by atoms with Crippen LogP contribution in [-0.2, 0) is 4.79 Å². The van der Waals surface area contributed by atoms with Crippen LogP contribution in [0.4, 0.5) is 0 Å². The highest BCUT2D eigenvalue weighted by molar-refractivity contribution is 5.75. The lowest BCUT2D eigenvalue weighted by molar-refractivity contribution is -0.121. The van der Waals surface area contributed by atoms with E-state index in [1.54, 1.807) is 0 Å². The summed E-state index contributed by atoms with van der Waals surface area (Å²) in [6.45, 7) is 3.24. The Kier molecular flexibility index (Phi) is 14.0. The molecule has 0 fully saturated rings. The van der Waals surface area contributed by atoms with Crippen LogP contribution in [0.15, 0.2) is 0 Å². The van der Waals surface area contributed by atoms with Gasteiger partial charge >= 0.3 is 0 Å². The van der Waals surface area contributed by atoms with Crippen LogP contribution >= 0.6 is 0 Å². The van der Waals surface area contributed by atoms with Gasteiger partial charge in [0.1, 0.15) is 0 Å². The molecule has 0 heterocycles. The summed E-state index contributed by atoms with van der Waals surface area (Å²) < 4.78 is 0. The Morgan fingerprint density at radius 3 is 2.11 bits per heavy atom. The zero-order chi connectivity index (χ0) is 13.5. The van der Waals surface area contributed by atoms with Crippen molar-refractivity contribution in [3.8, 4) is 0 Å². The molecular weight excluding hydrogens is 228 g/mol. The Labute approximate surface area is 111 Å². The molecule has 1 amide bonds. The second kappa shape index (κ2) is 14.5. The van der Waals surface area contributed by atoms with Crippen LogP contribution in [0.1, 0.15) is 71.1 Å². The van der Waals surface area contributed by atoms with Crippen molar-refractivity contribution in [1.29, 1.82) is 0 Å². The topological polar surface area (TPSA) is 64.2 Å². The number of carbonyl (C=O) groups excluding carboxylic acids is 1. The molecule has 0 aliphatic carbocycles. The zero-order valence-electron chi connectivity index (χ0n) is 11.8. The fourth-order valence-electron chi connectivity index (χ4n) is 1.90. The second-order valence-corrected chi connectivity index (χ2v) is 4.82. The minimum atomic E-state index is 0.117.